The summed E-state index contributed by atoms with van der Waals surface area (Å²) in [4.78, 5) is 6.47. The number of nitrogens with one attached hydrogen (secondary N) is 2. The van der Waals surface area contributed by atoms with Crippen LogP contribution in [0.5, 0.6) is 11.5 Å². The van der Waals surface area contributed by atoms with Gasteiger partial charge >= 0.3 is 0 Å². The van der Waals surface area contributed by atoms with Gasteiger partial charge in [-0.2, -0.15) is 5.26 Å². The minimum absolute atomic E-state index is 0.0479. The maximum Gasteiger partial charge on any atom is 0.183 e. The van der Waals surface area contributed by atoms with Crippen LogP contribution in [0, 0.1) is 18.3 Å². The van der Waals surface area contributed by atoms with Crippen LogP contribution in [0.4, 0.5) is 28.7 Å². The average molecular weight is 670 g/mol. The molecule has 0 saturated carbocycles. The maximum atomic E-state index is 13.4. The van der Waals surface area contributed by atoms with Crippen LogP contribution in [0.2, 0.25) is 0 Å². The van der Waals surface area contributed by atoms with Crippen molar-refractivity contribution in [2.75, 3.05) is 76.7 Å². The molecule has 0 atom stereocenters. The number of hydrogen-bond acceptors (Lipinski definition) is 14. The second-order valence-electron chi connectivity index (χ2n) is 10.6. The molecule has 0 aliphatic rings. The summed E-state index contributed by atoms with van der Waals surface area (Å²) in [5.74, 6) is 0.641. The van der Waals surface area contributed by atoms with Crippen molar-refractivity contribution in [1.82, 2.24) is 9.88 Å². The van der Waals surface area contributed by atoms with Crippen LogP contribution in [0.15, 0.2) is 57.6 Å². The lowest BCUT2D eigenvalue weighted by Crippen LogP contribution is -2.37. The minimum atomic E-state index is -3.83. The van der Waals surface area contributed by atoms with Gasteiger partial charge in [-0.15, -0.1) is 10.2 Å². The van der Waals surface area contributed by atoms with Crippen LogP contribution < -0.4 is 20.1 Å². The average Bonchev–Trinajstić information content (AvgIpc) is 3.06. The van der Waals surface area contributed by atoms with Gasteiger partial charge in [-0.25, -0.2) is 13.4 Å². The van der Waals surface area contributed by atoms with Gasteiger partial charge in [0, 0.05) is 49.1 Å². The first-order valence-corrected chi connectivity index (χ1v) is 16.7. The SMILES string of the molecule is COc1cc(S(=O)(=O)CCN(CCO)C(C)C)c(OC)cc1N=Nc1c(NCCOCCO)nc(Nc2ccccc2)c(C#N)c1C. The number of rotatable bonds is 19. The van der Waals surface area contributed by atoms with Crippen molar-refractivity contribution in [3.63, 3.8) is 0 Å². The monoisotopic (exact) mass is 669 g/mol. The van der Waals surface area contributed by atoms with Crippen molar-refractivity contribution in [2.24, 2.45) is 10.2 Å². The number of benzene rings is 2. The predicted octanol–water partition coefficient (Wildman–Crippen LogP) is 4.34. The van der Waals surface area contributed by atoms with Crippen LogP contribution in [-0.2, 0) is 14.6 Å². The number of aromatic nitrogens is 1. The molecule has 15 heteroatoms. The number of pyridine rings is 1. The van der Waals surface area contributed by atoms with Crippen molar-refractivity contribution < 1.29 is 32.8 Å². The third-order valence-corrected chi connectivity index (χ3v) is 8.87. The molecule has 0 unspecified atom stereocenters. The van der Waals surface area contributed by atoms with Gasteiger partial charge in [-0.1, -0.05) is 18.2 Å². The molecule has 2 aromatic carbocycles. The lowest BCUT2D eigenvalue weighted by atomic mass is 10.1. The van der Waals surface area contributed by atoms with Crippen molar-refractivity contribution >= 4 is 38.5 Å². The van der Waals surface area contributed by atoms with E-state index in [-0.39, 0.29) is 78.1 Å². The normalized spacial score (nSPS) is 11.7. The zero-order valence-electron chi connectivity index (χ0n) is 27.4. The molecule has 3 aromatic rings. The first-order chi connectivity index (χ1) is 22.6. The van der Waals surface area contributed by atoms with E-state index in [4.69, 9.17) is 19.3 Å². The Bertz CT molecular complexity index is 1650. The summed E-state index contributed by atoms with van der Waals surface area (Å²) in [5, 5.41) is 43.6. The molecule has 254 valence electrons. The Morgan fingerprint density at radius 3 is 2.34 bits per heavy atom. The molecule has 0 spiro atoms. The first kappa shape index (κ1) is 37.1. The molecule has 0 radical (unpaired) electrons. The van der Waals surface area contributed by atoms with E-state index in [2.05, 4.69) is 31.9 Å². The third-order valence-electron chi connectivity index (χ3n) is 7.16. The van der Waals surface area contributed by atoms with E-state index in [0.29, 0.717) is 30.3 Å². The van der Waals surface area contributed by atoms with Gasteiger partial charge in [0.05, 0.1) is 52.0 Å². The molecule has 0 saturated heterocycles. The van der Waals surface area contributed by atoms with E-state index >= 15 is 0 Å². The molecule has 0 amide bonds. The number of nitrogens with zero attached hydrogens (tertiary/aromatic N) is 5. The lowest BCUT2D eigenvalue weighted by molar-refractivity contribution is 0.0992. The van der Waals surface area contributed by atoms with Crippen molar-refractivity contribution in [1.29, 1.82) is 5.26 Å². The molecule has 14 nitrogen and oxygen atoms in total. The highest BCUT2D eigenvalue weighted by Crippen LogP contribution is 2.40. The van der Waals surface area contributed by atoms with Gasteiger partial charge in [-0.3, -0.25) is 4.90 Å². The fourth-order valence-electron chi connectivity index (χ4n) is 4.62. The van der Waals surface area contributed by atoms with Gasteiger partial charge in [0.15, 0.2) is 21.5 Å². The van der Waals surface area contributed by atoms with Crippen LogP contribution in [0.25, 0.3) is 0 Å². The Labute approximate surface area is 275 Å². The summed E-state index contributed by atoms with van der Waals surface area (Å²) in [6, 6.07) is 14.3. The van der Waals surface area contributed by atoms with Crippen molar-refractivity contribution in [3.05, 3.63) is 53.6 Å². The summed E-state index contributed by atoms with van der Waals surface area (Å²) >= 11 is 0. The Hall–Kier alpha value is -4.33. The van der Waals surface area contributed by atoms with Gasteiger partial charge < -0.3 is 35.1 Å². The molecule has 0 bridgehead atoms. The molecule has 0 aliphatic carbocycles. The van der Waals surface area contributed by atoms with Crippen molar-refractivity contribution in [3.8, 4) is 17.6 Å². The van der Waals surface area contributed by atoms with E-state index in [1.807, 2.05) is 49.1 Å². The van der Waals surface area contributed by atoms with Gasteiger partial charge in [0.1, 0.15) is 33.8 Å². The highest BCUT2D eigenvalue weighted by atomic mass is 32.2. The maximum absolute atomic E-state index is 13.4. The largest absolute Gasteiger partial charge is 0.495 e. The quantitative estimate of drug-likeness (QED) is 0.105. The molecule has 1 aromatic heterocycles. The molecule has 0 fully saturated rings. The fraction of sp³-hybridized carbons (Fsp3) is 0.438. The Morgan fingerprint density at radius 2 is 1.72 bits per heavy atom. The minimum Gasteiger partial charge on any atom is -0.495 e. The molecule has 0 aliphatic heterocycles. The standard InChI is InChI=1S/C32H43N7O7S/c1-22(2)39(12-14-40)13-18-47(42,43)29-20-27(44-4)26(19-28(29)45-5)37-38-30-23(3)25(21-33)31(35-24-9-7-6-8-10-24)36-32(30)34-11-16-46-17-15-41/h6-10,19-20,22,40-41H,11-18H2,1-5H3,(H2,34,35,36). The number of para-hydroxylation sites is 1. The van der Waals surface area contributed by atoms with E-state index < -0.39 is 9.84 Å². The summed E-state index contributed by atoms with van der Waals surface area (Å²) in [7, 11) is -1.07. The van der Waals surface area contributed by atoms with Crippen LogP contribution in [-0.4, -0.2) is 101 Å². The highest BCUT2D eigenvalue weighted by molar-refractivity contribution is 7.91. The molecule has 3 rings (SSSR count). The second kappa shape index (κ2) is 18.1. The van der Waals surface area contributed by atoms with Gasteiger partial charge in [0.25, 0.3) is 0 Å². The number of aliphatic hydroxyl groups is 2. The molecular formula is C32H43N7O7S. The molecular weight excluding hydrogens is 626 g/mol. The van der Waals surface area contributed by atoms with Crippen LogP contribution in [0.1, 0.15) is 25.0 Å². The Morgan fingerprint density at radius 1 is 1.00 bits per heavy atom. The number of azo groups is 1. The van der Waals surface area contributed by atoms with Gasteiger partial charge in [0.2, 0.25) is 0 Å². The number of methoxy groups -OCH3 is 2. The van der Waals surface area contributed by atoms with E-state index in [1.165, 1.54) is 26.4 Å². The Balaban J connectivity index is 2.04. The number of aliphatic hydroxyl groups excluding tert-OH is 2. The molecule has 1 heterocycles. The number of ether oxygens (including phenoxy) is 3. The van der Waals surface area contributed by atoms with E-state index in [9.17, 15) is 18.8 Å². The topological polar surface area (TPSA) is 191 Å². The lowest BCUT2D eigenvalue weighted by Gasteiger charge is -2.25. The summed E-state index contributed by atoms with van der Waals surface area (Å²) < 4.78 is 43.2. The first-order valence-electron chi connectivity index (χ1n) is 15.0. The number of anilines is 3. The zero-order valence-corrected chi connectivity index (χ0v) is 28.2. The van der Waals surface area contributed by atoms with Crippen LogP contribution in [0.3, 0.4) is 0 Å². The van der Waals surface area contributed by atoms with Crippen molar-refractivity contribution in [2.45, 2.75) is 31.7 Å². The summed E-state index contributed by atoms with van der Waals surface area (Å²) in [6.45, 7) is 6.75. The predicted molar refractivity (Wildman–Crippen MR) is 179 cm³/mol. The zero-order chi connectivity index (χ0) is 34.4. The van der Waals surface area contributed by atoms with E-state index in [1.54, 1.807) is 6.92 Å². The highest BCUT2D eigenvalue weighted by Gasteiger charge is 2.25. The number of nitriles is 1. The van der Waals surface area contributed by atoms with Gasteiger partial charge in [-0.05, 0) is 32.9 Å². The number of hydrogen-bond donors (Lipinski definition) is 4. The smallest absolute Gasteiger partial charge is 0.183 e. The summed E-state index contributed by atoms with van der Waals surface area (Å²) in [5.41, 5.74) is 1.95. The number of sulfone groups is 1. The second-order valence-corrected chi connectivity index (χ2v) is 12.6. The van der Waals surface area contributed by atoms with E-state index in [0.717, 1.165) is 5.69 Å². The van der Waals surface area contributed by atoms with Crippen LogP contribution >= 0.6 is 0 Å². The molecule has 4 N–H and O–H groups in total. The molecule has 47 heavy (non-hydrogen) atoms. The third kappa shape index (κ3) is 10.1. The fourth-order valence-corrected chi connectivity index (χ4v) is 6.05. The Kier molecular flexibility index (Phi) is 14.3. The summed E-state index contributed by atoms with van der Waals surface area (Å²) in [6.07, 6.45) is 0.